The van der Waals surface area contributed by atoms with Gasteiger partial charge in [-0.1, -0.05) is 30.3 Å². The van der Waals surface area contributed by atoms with Crippen LogP contribution in [0.25, 0.3) is 21.1 Å². The molecule has 1 aliphatic heterocycles. The maximum Gasteiger partial charge on any atom is 0.273 e. The van der Waals surface area contributed by atoms with Crippen molar-refractivity contribution in [3.05, 3.63) is 76.7 Å². The summed E-state index contributed by atoms with van der Waals surface area (Å²) in [6, 6.07) is 18.0. The van der Waals surface area contributed by atoms with E-state index in [2.05, 4.69) is 15.3 Å². The van der Waals surface area contributed by atoms with Crippen LogP contribution in [0.3, 0.4) is 0 Å². The van der Waals surface area contributed by atoms with Crippen LogP contribution in [0, 0.1) is 0 Å². The van der Waals surface area contributed by atoms with E-state index >= 15 is 0 Å². The highest BCUT2D eigenvalue weighted by molar-refractivity contribution is 7.13. The quantitative estimate of drug-likeness (QED) is 0.396. The minimum absolute atomic E-state index is 0.0172. The Balaban J connectivity index is 1.16. The molecule has 1 amide bonds. The number of nitrogens with zero attached hydrogens (tertiary/aromatic N) is 4. The molecule has 0 radical (unpaired) electrons. The second kappa shape index (κ2) is 9.82. The highest BCUT2D eigenvalue weighted by Crippen LogP contribution is 2.27. The predicted octanol–water partition coefficient (Wildman–Crippen LogP) is 4.90. The molecule has 0 bridgehead atoms. The van der Waals surface area contributed by atoms with E-state index in [1.807, 2.05) is 64.9 Å². The lowest BCUT2D eigenvalue weighted by molar-refractivity contribution is 0.0622. The van der Waals surface area contributed by atoms with Gasteiger partial charge in [-0.2, -0.15) is 0 Å². The third-order valence-electron chi connectivity index (χ3n) is 5.68. The van der Waals surface area contributed by atoms with Gasteiger partial charge in [-0.25, -0.2) is 9.97 Å². The Morgan fingerprint density at radius 3 is 2.27 bits per heavy atom. The molecule has 8 heteroatoms. The van der Waals surface area contributed by atoms with Crippen LogP contribution in [-0.2, 0) is 6.54 Å². The molecule has 0 atom stereocenters. The molecule has 0 spiro atoms. The van der Waals surface area contributed by atoms with Gasteiger partial charge in [0.1, 0.15) is 21.5 Å². The first kappa shape index (κ1) is 21.8. The van der Waals surface area contributed by atoms with Crippen molar-refractivity contribution in [1.29, 1.82) is 0 Å². The van der Waals surface area contributed by atoms with Crippen molar-refractivity contribution < 1.29 is 9.53 Å². The Bertz CT molecular complexity index is 1210. The third-order valence-corrected chi connectivity index (χ3v) is 7.51. The van der Waals surface area contributed by atoms with Gasteiger partial charge < -0.3 is 9.64 Å². The third kappa shape index (κ3) is 4.98. The van der Waals surface area contributed by atoms with E-state index in [0.29, 0.717) is 18.8 Å². The summed E-state index contributed by atoms with van der Waals surface area (Å²) in [5.74, 6) is 0.862. The van der Waals surface area contributed by atoms with Crippen molar-refractivity contribution in [2.24, 2.45) is 0 Å². The van der Waals surface area contributed by atoms with Gasteiger partial charge in [0, 0.05) is 54.6 Å². The molecule has 5 rings (SSSR count). The first-order chi connectivity index (χ1) is 16.2. The van der Waals surface area contributed by atoms with Gasteiger partial charge in [0.2, 0.25) is 0 Å². The monoisotopic (exact) mass is 476 g/mol. The topological polar surface area (TPSA) is 58.6 Å². The second-order valence-electron chi connectivity index (χ2n) is 7.84. The van der Waals surface area contributed by atoms with E-state index in [1.165, 1.54) is 11.3 Å². The molecule has 168 valence electrons. The van der Waals surface area contributed by atoms with Crippen LogP contribution >= 0.6 is 22.7 Å². The van der Waals surface area contributed by atoms with Crippen LogP contribution in [0.4, 0.5) is 0 Å². The number of amides is 1. The summed E-state index contributed by atoms with van der Waals surface area (Å²) in [5, 5.41) is 5.89. The zero-order chi connectivity index (χ0) is 22.6. The number of carbonyl (C=O) groups is 1. The SMILES string of the molecule is COc1ccc(-c2nc(CN3CCN(C(=O)c4csc(-c5ccccc5)n4)CC3)cs2)cc1. The zero-order valence-corrected chi connectivity index (χ0v) is 19.9. The van der Waals surface area contributed by atoms with Gasteiger partial charge >= 0.3 is 0 Å². The maximum atomic E-state index is 12.9. The van der Waals surface area contributed by atoms with Crippen LogP contribution in [0.1, 0.15) is 16.2 Å². The molecule has 0 aliphatic carbocycles. The Kier molecular flexibility index (Phi) is 6.48. The van der Waals surface area contributed by atoms with Gasteiger partial charge in [-0.15, -0.1) is 22.7 Å². The molecule has 1 aliphatic rings. The molecule has 4 aromatic rings. The van der Waals surface area contributed by atoms with E-state index in [1.54, 1.807) is 18.4 Å². The Labute approximate surface area is 201 Å². The fourth-order valence-electron chi connectivity index (χ4n) is 3.83. The number of methoxy groups -OCH3 is 1. The summed E-state index contributed by atoms with van der Waals surface area (Å²) in [6.07, 6.45) is 0. The van der Waals surface area contributed by atoms with Crippen molar-refractivity contribution in [2.45, 2.75) is 6.54 Å². The van der Waals surface area contributed by atoms with Crippen LogP contribution in [0.5, 0.6) is 5.75 Å². The van der Waals surface area contributed by atoms with Crippen molar-refractivity contribution in [2.75, 3.05) is 33.3 Å². The maximum absolute atomic E-state index is 12.9. The van der Waals surface area contributed by atoms with E-state index in [-0.39, 0.29) is 5.91 Å². The number of hydrogen-bond donors (Lipinski definition) is 0. The molecule has 6 nitrogen and oxygen atoms in total. The van der Waals surface area contributed by atoms with Gasteiger partial charge in [-0.3, -0.25) is 9.69 Å². The Morgan fingerprint density at radius 2 is 1.55 bits per heavy atom. The second-order valence-corrected chi connectivity index (χ2v) is 9.56. The molecule has 0 saturated carbocycles. The number of aromatic nitrogens is 2. The molecule has 1 saturated heterocycles. The van der Waals surface area contributed by atoms with E-state index in [0.717, 1.165) is 52.2 Å². The number of hydrogen-bond acceptors (Lipinski definition) is 7. The molecule has 0 N–H and O–H groups in total. The zero-order valence-electron chi connectivity index (χ0n) is 18.3. The standard InChI is InChI=1S/C25H24N4O2S2/c1-31-21-9-7-19(8-10-21)23-26-20(16-32-23)15-28-11-13-29(14-12-28)25(30)22-17-33-24(27-22)18-5-3-2-4-6-18/h2-10,16-17H,11-15H2,1H3. The minimum atomic E-state index is 0.0172. The van der Waals surface area contributed by atoms with E-state index in [9.17, 15) is 4.79 Å². The molecule has 1 fully saturated rings. The number of thiazole rings is 2. The number of rotatable bonds is 6. The van der Waals surface area contributed by atoms with Gasteiger partial charge in [0.25, 0.3) is 5.91 Å². The fraction of sp³-hybridized carbons (Fsp3) is 0.240. The fourth-order valence-corrected chi connectivity index (χ4v) is 5.45. The molecule has 2 aromatic carbocycles. The summed E-state index contributed by atoms with van der Waals surface area (Å²) < 4.78 is 5.23. The molecular formula is C25H24N4O2S2. The Morgan fingerprint density at radius 1 is 0.879 bits per heavy atom. The van der Waals surface area contributed by atoms with E-state index in [4.69, 9.17) is 9.72 Å². The molecule has 0 unspecified atom stereocenters. The summed E-state index contributed by atoms with van der Waals surface area (Å²) in [7, 11) is 1.67. The average molecular weight is 477 g/mol. The first-order valence-electron chi connectivity index (χ1n) is 10.8. The number of benzene rings is 2. The van der Waals surface area contributed by atoms with Gasteiger partial charge in [0.15, 0.2) is 0 Å². The molecular weight excluding hydrogens is 452 g/mol. The van der Waals surface area contributed by atoms with Crippen molar-refractivity contribution in [3.8, 4) is 26.9 Å². The van der Waals surface area contributed by atoms with Crippen molar-refractivity contribution in [3.63, 3.8) is 0 Å². The minimum Gasteiger partial charge on any atom is -0.497 e. The summed E-state index contributed by atoms with van der Waals surface area (Å²) in [6.45, 7) is 3.86. The summed E-state index contributed by atoms with van der Waals surface area (Å²) >= 11 is 3.17. The summed E-state index contributed by atoms with van der Waals surface area (Å²) in [5.41, 5.74) is 3.75. The molecule has 33 heavy (non-hydrogen) atoms. The molecule has 3 heterocycles. The van der Waals surface area contributed by atoms with Crippen LogP contribution in [-0.4, -0.2) is 59.0 Å². The number of ether oxygens (including phenoxy) is 1. The largest absolute Gasteiger partial charge is 0.497 e. The lowest BCUT2D eigenvalue weighted by Gasteiger charge is -2.34. The lowest BCUT2D eigenvalue weighted by atomic mass is 10.2. The van der Waals surface area contributed by atoms with Crippen molar-refractivity contribution >= 4 is 28.6 Å². The normalized spacial score (nSPS) is 14.4. The number of carbonyl (C=O) groups excluding carboxylic acids is 1. The average Bonchev–Trinajstić information content (AvgIpc) is 3.55. The predicted molar refractivity (Wildman–Crippen MR) is 133 cm³/mol. The number of piperazine rings is 1. The molecule has 2 aromatic heterocycles. The van der Waals surface area contributed by atoms with E-state index < -0.39 is 0 Å². The highest BCUT2D eigenvalue weighted by atomic mass is 32.1. The van der Waals surface area contributed by atoms with Crippen LogP contribution in [0.15, 0.2) is 65.4 Å². The highest BCUT2D eigenvalue weighted by Gasteiger charge is 2.24. The van der Waals surface area contributed by atoms with Gasteiger partial charge in [0.05, 0.1) is 12.8 Å². The first-order valence-corrected chi connectivity index (χ1v) is 12.6. The summed E-state index contributed by atoms with van der Waals surface area (Å²) in [4.78, 5) is 26.6. The smallest absolute Gasteiger partial charge is 0.273 e. The Hall–Kier alpha value is -3.07. The van der Waals surface area contributed by atoms with Crippen LogP contribution < -0.4 is 4.74 Å². The lowest BCUT2D eigenvalue weighted by Crippen LogP contribution is -2.48. The van der Waals surface area contributed by atoms with Crippen LogP contribution in [0.2, 0.25) is 0 Å². The van der Waals surface area contributed by atoms with Crippen molar-refractivity contribution in [1.82, 2.24) is 19.8 Å². The van der Waals surface area contributed by atoms with Gasteiger partial charge in [-0.05, 0) is 24.3 Å².